The second kappa shape index (κ2) is 9.66. The van der Waals surface area contributed by atoms with Gasteiger partial charge in [-0.15, -0.1) is 0 Å². The van der Waals surface area contributed by atoms with E-state index in [0.717, 1.165) is 0 Å². The van der Waals surface area contributed by atoms with Crippen LogP contribution in [-0.2, 0) is 0 Å². The van der Waals surface area contributed by atoms with Crippen molar-refractivity contribution in [3.63, 3.8) is 0 Å². The van der Waals surface area contributed by atoms with Crippen LogP contribution in [0.15, 0.2) is 48.0 Å². The zero-order chi connectivity index (χ0) is 18.2. The number of allylic oxidation sites excluding steroid dienone is 1. The third-order valence-electron chi connectivity index (χ3n) is 5.41. The zero-order valence-electron chi connectivity index (χ0n) is 16.5. The van der Waals surface area contributed by atoms with Crippen LogP contribution in [0.25, 0.3) is 10.8 Å². The van der Waals surface area contributed by atoms with Gasteiger partial charge in [0.15, 0.2) is 0 Å². The lowest BCUT2D eigenvalue weighted by Gasteiger charge is -2.31. The largest absolute Gasteiger partial charge is 0.361 e. The van der Waals surface area contributed by atoms with Crippen LogP contribution in [-0.4, -0.2) is 6.17 Å². The van der Waals surface area contributed by atoms with Crippen molar-refractivity contribution >= 4 is 22.1 Å². The van der Waals surface area contributed by atoms with Crippen LogP contribution in [0.1, 0.15) is 71.6 Å². The van der Waals surface area contributed by atoms with Crippen LogP contribution in [0, 0.1) is 0 Å². The Balaban J connectivity index is 1.75. The third-order valence-corrected chi connectivity index (χ3v) is 5.41. The van der Waals surface area contributed by atoms with E-state index in [1.807, 2.05) is 0 Å². The molecule has 2 nitrogen and oxygen atoms in total. The van der Waals surface area contributed by atoms with Gasteiger partial charge in [-0.1, -0.05) is 76.3 Å². The maximum Gasteiger partial charge on any atom is 0.119 e. The standard InChI is InChI=1S/C24H34N2/c1-3-5-7-8-10-14-20(13-9-6-4-2)24-25-21-17-11-15-19-16-12-18-22(26-24)23(19)21/h11-12,14-18,24-26H,3-10,13H2,1-2H3. The second-order valence-electron chi connectivity index (χ2n) is 7.52. The summed E-state index contributed by atoms with van der Waals surface area (Å²) in [4.78, 5) is 0. The minimum Gasteiger partial charge on any atom is -0.361 e. The number of hydrogen-bond acceptors (Lipinski definition) is 2. The molecule has 0 spiro atoms. The average Bonchev–Trinajstić information content (AvgIpc) is 2.67. The molecule has 0 fully saturated rings. The highest BCUT2D eigenvalue weighted by Gasteiger charge is 2.21. The molecule has 0 saturated heterocycles. The summed E-state index contributed by atoms with van der Waals surface area (Å²) >= 11 is 0. The van der Waals surface area contributed by atoms with Gasteiger partial charge in [-0.3, -0.25) is 0 Å². The van der Waals surface area contributed by atoms with E-state index in [0.29, 0.717) is 0 Å². The van der Waals surface area contributed by atoms with Gasteiger partial charge in [0.1, 0.15) is 6.17 Å². The monoisotopic (exact) mass is 350 g/mol. The molecular formula is C24H34N2. The highest BCUT2D eigenvalue weighted by atomic mass is 15.1. The summed E-state index contributed by atoms with van der Waals surface area (Å²) in [5.41, 5.74) is 4.05. The summed E-state index contributed by atoms with van der Waals surface area (Å²) in [7, 11) is 0. The minimum absolute atomic E-state index is 0.221. The van der Waals surface area contributed by atoms with Crippen molar-refractivity contribution in [2.24, 2.45) is 0 Å². The topological polar surface area (TPSA) is 24.1 Å². The molecule has 2 heteroatoms. The first-order chi connectivity index (χ1) is 12.8. The molecule has 1 aliphatic rings. The lowest BCUT2D eigenvalue weighted by atomic mass is 9.98. The van der Waals surface area contributed by atoms with Gasteiger partial charge < -0.3 is 10.6 Å². The Hall–Kier alpha value is -1.96. The van der Waals surface area contributed by atoms with Crippen molar-refractivity contribution < 1.29 is 0 Å². The number of hydrogen-bond donors (Lipinski definition) is 2. The quantitative estimate of drug-likeness (QED) is 0.343. The molecule has 0 saturated carbocycles. The van der Waals surface area contributed by atoms with E-state index in [4.69, 9.17) is 0 Å². The van der Waals surface area contributed by atoms with Crippen LogP contribution in [0.2, 0.25) is 0 Å². The number of nitrogens with one attached hydrogen (secondary N) is 2. The Morgan fingerprint density at radius 2 is 1.50 bits per heavy atom. The van der Waals surface area contributed by atoms with Gasteiger partial charge in [0.2, 0.25) is 0 Å². The van der Waals surface area contributed by atoms with Crippen molar-refractivity contribution in [2.45, 2.75) is 77.8 Å². The number of anilines is 2. The van der Waals surface area contributed by atoms with E-state index in [1.54, 1.807) is 0 Å². The Kier molecular flexibility index (Phi) is 6.99. The van der Waals surface area contributed by atoms with E-state index in [9.17, 15) is 0 Å². The van der Waals surface area contributed by atoms with Gasteiger partial charge >= 0.3 is 0 Å². The molecule has 0 unspecified atom stereocenters. The fourth-order valence-corrected chi connectivity index (χ4v) is 3.92. The first-order valence-corrected chi connectivity index (χ1v) is 10.6. The highest BCUT2D eigenvalue weighted by Crippen LogP contribution is 2.36. The van der Waals surface area contributed by atoms with E-state index < -0.39 is 0 Å². The minimum atomic E-state index is 0.221. The van der Waals surface area contributed by atoms with Crippen molar-refractivity contribution in [1.82, 2.24) is 0 Å². The molecule has 0 atom stereocenters. The molecule has 0 bridgehead atoms. The molecule has 140 valence electrons. The second-order valence-corrected chi connectivity index (χ2v) is 7.52. The molecule has 2 N–H and O–H groups in total. The fraction of sp³-hybridized carbons (Fsp3) is 0.500. The third kappa shape index (κ3) is 4.60. The molecule has 1 heterocycles. The van der Waals surface area contributed by atoms with Crippen LogP contribution in [0.4, 0.5) is 11.4 Å². The van der Waals surface area contributed by atoms with Gasteiger partial charge in [-0.05, 0) is 48.8 Å². The maximum absolute atomic E-state index is 3.76. The Labute approximate surface area is 159 Å². The fourth-order valence-electron chi connectivity index (χ4n) is 3.92. The summed E-state index contributed by atoms with van der Waals surface area (Å²) in [5, 5.41) is 10.1. The van der Waals surface area contributed by atoms with Crippen molar-refractivity contribution in [2.75, 3.05) is 10.6 Å². The molecule has 26 heavy (non-hydrogen) atoms. The van der Waals surface area contributed by atoms with E-state index in [1.165, 1.54) is 85.5 Å². The molecule has 0 aromatic heterocycles. The molecule has 3 rings (SSSR count). The number of rotatable bonds is 10. The molecule has 0 aliphatic carbocycles. The van der Waals surface area contributed by atoms with Crippen LogP contribution >= 0.6 is 0 Å². The predicted octanol–water partition coefficient (Wildman–Crippen LogP) is 7.48. The van der Waals surface area contributed by atoms with E-state index in [-0.39, 0.29) is 6.17 Å². The van der Waals surface area contributed by atoms with Gasteiger partial charge in [-0.2, -0.15) is 0 Å². The van der Waals surface area contributed by atoms with Gasteiger partial charge in [0.25, 0.3) is 0 Å². The van der Waals surface area contributed by atoms with E-state index in [2.05, 4.69) is 67.0 Å². The summed E-state index contributed by atoms with van der Waals surface area (Å²) in [6, 6.07) is 13.1. The van der Waals surface area contributed by atoms with Gasteiger partial charge in [-0.25, -0.2) is 0 Å². The van der Waals surface area contributed by atoms with Crippen molar-refractivity contribution in [3.8, 4) is 0 Å². The Bertz CT molecular complexity index is 691. The SMILES string of the molecule is CCCCCCC=C(CCCCC)C1Nc2cccc3cccc(c23)N1. The lowest BCUT2D eigenvalue weighted by Crippen LogP contribution is -2.33. The maximum atomic E-state index is 3.76. The Morgan fingerprint density at radius 1 is 0.846 bits per heavy atom. The van der Waals surface area contributed by atoms with Crippen LogP contribution in [0.3, 0.4) is 0 Å². The van der Waals surface area contributed by atoms with E-state index >= 15 is 0 Å². The van der Waals surface area contributed by atoms with Crippen LogP contribution < -0.4 is 10.6 Å². The molecular weight excluding hydrogens is 316 g/mol. The number of benzene rings is 2. The van der Waals surface area contributed by atoms with Gasteiger partial charge in [0, 0.05) is 16.8 Å². The molecule has 0 amide bonds. The molecule has 0 radical (unpaired) electrons. The molecule has 1 aliphatic heterocycles. The zero-order valence-corrected chi connectivity index (χ0v) is 16.5. The Morgan fingerprint density at radius 3 is 2.15 bits per heavy atom. The van der Waals surface area contributed by atoms with Crippen molar-refractivity contribution in [3.05, 3.63) is 48.0 Å². The highest BCUT2D eigenvalue weighted by molar-refractivity contribution is 6.04. The lowest BCUT2D eigenvalue weighted by molar-refractivity contribution is 0.661. The predicted molar refractivity (Wildman–Crippen MR) is 116 cm³/mol. The summed E-state index contributed by atoms with van der Waals surface area (Å²) in [5.74, 6) is 0. The van der Waals surface area contributed by atoms with Gasteiger partial charge in [0.05, 0.1) is 0 Å². The summed E-state index contributed by atoms with van der Waals surface area (Å²) in [6.45, 7) is 4.56. The smallest absolute Gasteiger partial charge is 0.119 e. The summed E-state index contributed by atoms with van der Waals surface area (Å²) < 4.78 is 0. The average molecular weight is 351 g/mol. The summed E-state index contributed by atoms with van der Waals surface area (Å²) in [6.07, 6.45) is 14.3. The normalized spacial score (nSPS) is 14.3. The first-order valence-electron chi connectivity index (χ1n) is 10.6. The molecule has 2 aromatic carbocycles. The number of unbranched alkanes of at least 4 members (excludes halogenated alkanes) is 6. The first kappa shape index (κ1) is 18.8. The van der Waals surface area contributed by atoms with Crippen LogP contribution in [0.5, 0.6) is 0 Å². The molecule has 2 aromatic rings. The van der Waals surface area contributed by atoms with Crippen molar-refractivity contribution in [1.29, 1.82) is 0 Å².